The van der Waals surface area contributed by atoms with Crippen molar-refractivity contribution in [1.82, 2.24) is 16.0 Å². The molecule has 2 heterocycles. The Balaban J connectivity index is 1.76. The second-order valence-electron chi connectivity index (χ2n) is 7.13. The van der Waals surface area contributed by atoms with Gasteiger partial charge in [-0.2, -0.15) is 0 Å². The lowest BCUT2D eigenvalue weighted by Gasteiger charge is -2.22. The van der Waals surface area contributed by atoms with E-state index in [0.717, 1.165) is 25.3 Å². The number of hydrogen-bond acceptors (Lipinski definition) is 3. The fraction of sp³-hybridized carbons (Fsp3) is 0.875. The van der Waals surface area contributed by atoms with E-state index in [2.05, 4.69) is 27.9 Å². The predicted octanol–water partition coefficient (Wildman–Crippen LogP) is 1.02. The van der Waals surface area contributed by atoms with Crippen molar-refractivity contribution in [3.05, 3.63) is 0 Å². The van der Waals surface area contributed by atoms with E-state index >= 15 is 0 Å². The van der Waals surface area contributed by atoms with Crippen molar-refractivity contribution in [3.8, 4) is 0 Å². The summed E-state index contributed by atoms with van der Waals surface area (Å²) < 4.78 is 5.86. The van der Waals surface area contributed by atoms with Gasteiger partial charge in [-0.1, -0.05) is 20.8 Å². The molecule has 2 saturated heterocycles. The van der Waals surface area contributed by atoms with Gasteiger partial charge in [-0.25, -0.2) is 0 Å². The fourth-order valence-corrected chi connectivity index (χ4v) is 2.89. The minimum absolute atomic E-state index is 0.0576. The van der Waals surface area contributed by atoms with Gasteiger partial charge in [0.1, 0.15) is 0 Å². The number of carbonyl (C=O) groups is 1. The minimum atomic E-state index is -0.354. The zero-order valence-electron chi connectivity index (χ0n) is 14.2. The lowest BCUT2D eigenvalue weighted by molar-refractivity contribution is -0.128. The first-order chi connectivity index (χ1) is 10.4. The Morgan fingerprint density at radius 1 is 1.27 bits per heavy atom. The molecule has 3 N–H and O–H groups in total. The Hall–Kier alpha value is -1.30. The van der Waals surface area contributed by atoms with Crippen LogP contribution in [0.5, 0.6) is 0 Å². The van der Waals surface area contributed by atoms with Gasteiger partial charge in [0.15, 0.2) is 5.96 Å². The van der Waals surface area contributed by atoms with Crippen LogP contribution in [0.25, 0.3) is 0 Å². The highest BCUT2D eigenvalue weighted by molar-refractivity contribution is 5.81. The van der Waals surface area contributed by atoms with Crippen LogP contribution in [0.2, 0.25) is 0 Å². The van der Waals surface area contributed by atoms with Crippen LogP contribution in [0.3, 0.4) is 0 Å². The third kappa shape index (κ3) is 4.60. The first-order valence-corrected chi connectivity index (χ1v) is 8.38. The number of amides is 1. The summed E-state index contributed by atoms with van der Waals surface area (Å²) in [6.45, 7) is 9.72. The minimum Gasteiger partial charge on any atom is -0.373 e. The molecule has 1 amide bonds. The third-order valence-corrected chi connectivity index (χ3v) is 4.12. The van der Waals surface area contributed by atoms with E-state index in [1.54, 1.807) is 0 Å². The smallest absolute Gasteiger partial charge is 0.225 e. The van der Waals surface area contributed by atoms with Gasteiger partial charge in [-0.15, -0.1) is 0 Å². The maximum absolute atomic E-state index is 11.8. The maximum atomic E-state index is 11.8. The van der Waals surface area contributed by atoms with Crippen molar-refractivity contribution >= 4 is 11.9 Å². The highest BCUT2D eigenvalue weighted by Crippen LogP contribution is 2.34. The molecule has 0 aliphatic carbocycles. The number of carbonyl (C=O) groups excluding carboxylic acids is 1. The highest BCUT2D eigenvalue weighted by atomic mass is 16.5. The predicted molar refractivity (Wildman–Crippen MR) is 87.9 cm³/mol. The van der Waals surface area contributed by atoms with Crippen LogP contribution in [0, 0.1) is 5.41 Å². The van der Waals surface area contributed by atoms with Crippen molar-refractivity contribution < 1.29 is 9.53 Å². The SMILES string of the molecule is CCNC(=NCCNC(=O)C(C)(C)C)NC1CC2CCC1O2. The molecule has 2 aliphatic heterocycles. The summed E-state index contributed by atoms with van der Waals surface area (Å²) in [7, 11) is 0. The molecule has 6 heteroatoms. The molecule has 6 nitrogen and oxygen atoms in total. The second kappa shape index (κ2) is 7.31. The van der Waals surface area contributed by atoms with E-state index in [-0.39, 0.29) is 11.3 Å². The van der Waals surface area contributed by atoms with Gasteiger partial charge in [-0.3, -0.25) is 9.79 Å². The molecule has 0 radical (unpaired) electrons. The topological polar surface area (TPSA) is 74.8 Å². The molecule has 2 bridgehead atoms. The molecule has 126 valence electrons. The molecule has 3 unspecified atom stereocenters. The van der Waals surface area contributed by atoms with Crippen LogP contribution in [0.4, 0.5) is 0 Å². The summed E-state index contributed by atoms with van der Waals surface area (Å²) in [6, 6.07) is 0.362. The summed E-state index contributed by atoms with van der Waals surface area (Å²) in [5.74, 6) is 0.871. The molecule has 22 heavy (non-hydrogen) atoms. The average Bonchev–Trinajstić information content (AvgIpc) is 3.04. The van der Waals surface area contributed by atoms with Crippen LogP contribution in [-0.2, 0) is 9.53 Å². The Morgan fingerprint density at radius 3 is 2.59 bits per heavy atom. The maximum Gasteiger partial charge on any atom is 0.225 e. The lowest BCUT2D eigenvalue weighted by atomic mass is 9.96. The number of fused-ring (bicyclic) bond motifs is 2. The molecule has 2 rings (SSSR count). The first kappa shape index (κ1) is 17.1. The van der Waals surface area contributed by atoms with Crippen molar-refractivity contribution in [3.63, 3.8) is 0 Å². The zero-order chi connectivity index (χ0) is 16.2. The van der Waals surface area contributed by atoms with E-state index in [4.69, 9.17) is 4.74 Å². The molecular weight excluding hydrogens is 280 g/mol. The van der Waals surface area contributed by atoms with Crippen molar-refractivity contribution in [2.75, 3.05) is 19.6 Å². The number of aliphatic imine (C=N–C) groups is 1. The van der Waals surface area contributed by atoms with E-state index in [1.165, 1.54) is 6.42 Å². The number of rotatable bonds is 5. The fourth-order valence-electron chi connectivity index (χ4n) is 2.89. The Bertz CT molecular complexity index is 417. The molecule has 0 aromatic carbocycles. The van der Waals surface area contributed by atoms with Gasteiger partial charge in [0.25, 0.3) is 0 Å². The van der Waals surface area contributed by atoms with Gasteiger partial charge < -0.3 is 20.7 Å². The molecule has 0 aromatic heterocycles. The van der Waals surface area contributed by atoms with E-state index < -0.39 is 0 Å². The van der Waals surface area contributed by atoms with Gasteiger partial charge in [0.05, 0.1) is 24.8 Å². The molecule has 2 fully saturated rings. The van der Waals surface area contributed by atoms with Gasteiger partial charge in [0.2, 0.25) is 5.91 Å². The molecule has 2 aliphatic rings. The summed E-state index contributed by atoms with van der Waals surface area (Å²) in [6.07, 6.45) is 4.15. The quantitative estimate of drug-likeness (QED) is 0.403. The van der Waals surface area contributed by atoms with Gasteiger partial charge >= 0.3 is 0 Å². The third-order valence-electron chi connectivity index (χ3n) is 4.12. The van der Waals surface area contributed by atoms with Crippen molar-refractivity contribution in [1.29, 1.82) is 0 Å². The van der Waals surface area contributed by atoms with E-state index in [9.17, 15) is 4.79 Å². The summed E-state index contributed by atoms with van der Waals surface area (Å²) in [5, 5.41) is 9.64. The summed E-state index contributed by atoms with van der Waals surface area (Å²) >= 11 is 0. The van der Waals surface area contributed by atoms with Crippen LogP contribution >= 0.6 is 0 Å². The summed E-state index contributed by atoms with van der Waals surface area (Å²) in [4.78, 5) is 16.3. The zero-order valence-corrected chi connectivity index (χ0v) is 14.2. The number of hydrogen-bond donors (Lipinski definition) is 3. The van der Waals surface area contributed by atoms with Crippen LogP contribution in [-0.4, -0.2) is 49.8 Å². The van der Waals surface area contributed by atoms with Crippen LogP contribution in [0.1, 0.15) is 47.0 Å². The number of nitrogens with one attached hydrogen (secondary N) is 3. The summed E-state index contributed by atoms with van der Waals surface area (Å²) in [5.41, 5.74) is -0.354. The standard InChI is InChI=1S/C16H30N4O2/c1-5-17-15(19-9-8-18-14(21)16(2,3)4)20-12-10-11-6-7-13(12)22-11/h11-13H,5-10H2,1-4H3,(H,18,21)(H2,17,19,20). The molecule has 0 saturated carbocycles. The first-order valence-electron chi connectivity index (χ1n) is 8.38. The van der Waals surface area contributed by atoms with Crippen LogP contribution in [0.15, 0.2) is 4.99 Å². The molecule has 0 spiro atoms. The molecular formula is C16H30N4O2. The molecule has 3 atom stereocenters. The number of guanidine groups is 1. The second-order valence-corrected chi connectivity index (χ2v) is 7.13. The normalized spacial score (nSPS) is 27.8. The van der Waals surface area contributed by atoms with Gasteiger partial charge in [0, 0.05) is 18.5 Å². The van der Waals surface area contributed by atoms with Crippen molar-refractivity contribution in [2.24, 2.45) is 10.4 Å². The lowest BCUT2D eigenvalue weighted by Crippen LogP contribution is -2.47. The monoisotopic (exact) mass is 310 g/mol. The largest absolute Gasteiger partial charge is 0.373 e. The van der Waals surface area contributed by atoms with Crippen molar-refractivity contribution in [2.45, 2.75) is 65.2 Å². The number of nitrogens with zero attached hydrogens (tertiary/aromatic N) is 1. The average molecular weight is 310 g/mol. The Morgan fingerprint density at radius 2 is 2.05 bits per heavy atom. The molecule has 0 aromatic rings. The van der Waals surface area contributed by atoms with Gasteiger partial charge in [-0.05, 0) is 26.2 Å². The number of ether oxygens (including phenoxy) is 1. The van der Waals surface area contributed by atoms with Crippen LogP contribution < -0.4 is 16.0 Å². The Labute approximate surface area is 133 Å². The highest BCUT2D eigenvalue weighted by Gasteiger charge is 2.41. The Kier molecular flexibility index (Phi) is 5.67. The van der Waals surface area contributed by atoms with E-state index in [1.807, 2.05) is 20.8 Å². The van der Waals surface area contributed by atoms with E-state index in [0.29, 0.717) is 31.3 Å².